The Morgan fingerprint density at radius 3 is 2.14 bits per heavy atom. The van der Waals surface area contributed by atoms with Gasteiger partial charge in [-0.2, -0.15) is 5.10 Å². The second-order valence-electron chi connectivity index (χ2n) is 6.16. The van der Waals surface area contributed by atoms with Crippen molar-refractivity contribution in [1.82, 2.24) is 14.1 Å². The van der Waals surface area contributed by atoms with Crippen molar-refractivity contribution < 1.29 is 8.42 Å². The predicted molar refractivity (Wildman–Crippen MR) is 83.1 cm³/mol. The normalized spacial score (nSPS) is 12.9. The fourth-order valence-corrected chi connectivity index (χ4v) is 3.19. The summed E-state index contributed by atoms with van der Waals surface area (Å²) in [5, 5.41) is 4.51. The molecule has 0 radical (unpaired) electrons. The van der Waals surface area contributed by atoms with Crippen molar-refractivity contribution in [3.8, 4) is 5.69 Å². The highest BCUT2D eigenvalue weighted by Gasteiger charge is 2.31. The van der Waals surface area contributed by atoms with Gasteiger partial charge in [0.1, 0.15) is 4.90 Å². The van der Waals surface area contributed by atoms with Gasteiger partial charge in [0.15, 0.2) is 0 Å². The van der Waals surface area contributed by atoms with Crippen LogP contribution in [0.25, 0.3) is 5.69 Å². The maximum Gasteiger partial charge on any atom is 0.246 e. The van der Waals surface area contributed by atoms with Gasteiger partial charge in [-0.15, -0.1) is 0 Å². The van der Waals surface area contributed by atoms with Crippen molar-refractivity contribution in [3.05, 3.63) is 42.2 Å². The number of hydrogen-bond acceptors (Lipinski definition) is 3. The van der Waals surface area contributed by atoms with Crippen LogP contribution in [0.3, 0.4) is 0 Å². The monoisotopic (exact) mass is 307 g/mol. The van der Waals surface area contributed by atoms with Crippen molar-refractivity contribution in [1.29, 1.82) is 0 Å². The molecule has 0 spiro atoms. The summed E-state index contributed by atoms with van der Waals surface area (Å²) in [6, 6.07) is 9.49. The summed E-state index contributed by atoms with van der Waals surface area (Å²) >= 11 is 0. The molecule has 2 rings (SSSR count). The van der Waals surface area contributed by atoms with Crippen LogP contribution in [-0.2, 0) is 15.4 Å². The third-order valence-corrected chi connectivity index (χ3v) is 4.99. The summed E-state index contributed by atoms with van der Waals surface area (Å²) < 4.78 is 27.9. The number of aromatic nitrogens is 2. The first-order valence-electron chi connectivity index (χ1n) is 6.72. The summed E-state index contributed by atoms with van der Waals surface area (Å²) in [7, 11) is -0.469. The summed E-state index contributed by atoms with van der Waals surface area (Å²) in [5.74, 6) is 0. The van der Waals surface area contributed by atoms with E-state index in [0.717, 1.165) is 5.69 Å². The van der Waals surface area contributed by atoms with Gasteiger partial charge in [0.05, 0.1) is 17.6 Å². The number of rotatable bonds is 3. The van der Waals surface area contributed by atoms with E-state index in [1.807, 2.05) is 51.1 Å². The summed E-state index contributed by atoms with van der Waals surface area (Å²) in [6.07, 6.45) is 1.59. The molecular weight excluding hydrogens is 286 g/mol. The largest absolute Gasteiger partial charge is 0.246 e. The smallest absolute Gasteiger partial charge is 0.239 e. The lowest BCUT2D eigenvalue weighted by molar-refractivity contribution is 0.507. The quantitative estimate of drug-likeness (QED) is 0.875. The van der Waals surface area contributed by atoms with Gasteiger partial charge in [-0.3, -0.25) is 0 Å². The van der Waals surface area contributed by atoms with Gasteiger partial charge in [-0.1, -0.05) is 39.0 Å². The predicted octanol–water partition coefficient (Wildman–Crippen LogP) is 2.42. The van der Waals surface area contributed by atoms with Crippen LogP contribution < -0.4 is 0 Å². The molecule has 1 aromatic carbocycles. The van der Waals surface area contributed by atoms with Crippen molar-refractivity contribution in [2.45, 2.75) is 31.1 Å². The first kappa shape index (κ1) is 15.7. The van der Waals surface area contributed by atoms with Crippen LogP contribution >= 0.6 is 0 Å². The molecule has 0 bridgehead atoms. The zero-order valence-corrected chi connectivity index (χ0v) is 13.8. The van der Waals surface area contributed by atoms with Gasteiger partial charge < -0.3 is 0 Å². The second-order valence-corrected chi connectivity index (χ2v) is 8.28. The Labute approximate surface area is 126 Å². The van der Waals surface area contributed by atoms with E-state index in [0.29, 0.717) is 5.69 Å². The summed E-state index contributed by atoms with van der Waals surface area (Å²) in [4.78, 5) is 0.254. The number of hydrogen-bond donors (Lipinski definition) is 0. The Kier molecular flexibility index (Phi) is 3.95. The van der Waals surface area contributed by atoms with Crippen LogP contribution in [0.1, 0.15) is 26.5 Å². The minimum absolute atomic E-state index is 0.254. The average Bonchev–Trinajstić information content (AvgIpc) is 2.85. The van der Waals surface area contributed by atoms with E-state index in [4.69, 9.17) is 0 Å². The van der Waals surface area contributed by atoms with E-state index in [-0.39, 0.29) is 10.3 Å². The average molecular weight is 307 g/mol. The van der Waals surface area contributed by atoms with Crippen LogP contribution in [0.4, 0.5) is 0 Å². The maximum absolute atomic E-state index is 12.5. The van der Waals surface area contributed by atoms with Gasteiger partial charge in [0, 0.05) is 19.5 Å². The van der Waals surface area contributed by atoms with Gasteiger partial charge in [0.25, 0.3) is 0 Å². The fourth-order valence-electron chi connectivity index (χ4n) is 1.98. The van der Waals surface area contributed by atoms with Crippen molar-refractivity contribution >= 4 is 10.0 Å². The third-order valence-electron chi connectivity index (χ3n) is 3.17. The topological polar surface area (TPSA) is 55.2 Å². The highest BCUT2D eigenvalue weighted by molar-refractivity contribution is 7.89. The first-order valence-corrected chi connectivity index (χ1v) is 8.16. The third kappa shape index (κ3) is 3.01. The van der Waals surface area contributed by atoms with Crippen LogP contribution in [0.15, 0.2) is 41.4 Å². The lowest BCUT2D eigenvalue weighted by Crippen LogP contribution is -2.25. The number of para-hydroxylation sites is 1. The van der Waals surface area contributed by atoms with Crippen LogP contribution in [0, 0.1) is 0 Å². The molecule has 6 heteroatoms. The summed E-state index contributed by atoms with van der Waals surface area (Å²) in [6.45, 7) is 5.87. The molecule has 0 fully saturated rings. The van der Waals surface area contributed by atoms with E-state index < -0.39 is 10.0 Å². The number of benzene rings is 1. The fraction of sp³-hybridized carbons (Fsp3) is 0.400. The molecule has 0 aliphatic rings. The molecule has 21 heavy (non-hydrogen) atoms. The highest BCUT2D eigenvalue weighted by atomic mass is 32.2. The number of sulfonamides is 1. The zero-order chi connectivity index (χ0) is 15.8. The van der Waals surface area contributed by atoms with E-state index in [1.165, 1.54) is 18.4 Å². The van der Waals surface area contributed by atoms with E-state index >= 15 is 0 Å². The lowest BCUT2D eigenvalue weighted by Gasteiger charge is -2.19. The molecule has 2 aromatic rings. The maximum atomic E-state index is 12.5. The number of nitrogens with zero attached hydrogens (tertiary/aromatic N) is 3. The molecule has 1 heterocycles. The summed E-state index contributed by atoms with van der Waals surface area (Å²) in [5.41, 5.74) is 1.04. The Morgan fingerprint density at radius 2 is 1.67 bits per heavy atom. The van der Waals surface area contributed by atoms with E-state index in [1.54, 1.807) is 10.9 Å². The molecule has 0 N–H and O–H groups in total. The molecule has 114 valence electrons. The van der Waals surface area contributed by atoms with E-state index in [2.05, 4.69) is 5.10 Å². The second kappa shape index (κ2) is 5.27. The van der Waals surface area contributed by atoms with Gasteiger partial charge >= 0.3 is 0 Å². The molecule has 0 atom stereocenters. The minimum atomic E-state index is -3.53. The molecule has 0 saturated heterocycles. The SMILES string of the molecule is CN(C)S(=O)(=O)c1cn(-c2ccccc2)nc1C(C)(C)C. The van der Waals surface area contributed by atoms with E-state index in [9.17, 15) is 8.42 Å². The molecule has 0 unspecified atom stereocenters. The molecule has 1 aromatic heterocycles. The lowest BCUT2D eigenvalue weighted by atomic mass is 9.92. The molecule has 0 amide bonds. The first-order chi connectivity index (χ1) is 9.64. The van der Waals surface area contributed by atoms with Gasteiger partial charge in [-0.05, 0) is 12.1 Å². The van der Waals surface area contributed by atoms with Gasteiger partial charge in [-0.25, -0.2) is 17.4 Å². The molecular formula is C15H21N3O2S. The van der Waals surface area contributed by atoms with Crippen molar-refractivity contribution in [2.75, 3.05) is 14.1 Å². The molecule has 0 aliphatic carbocycles. The Morgan fingerprint density at radius 1 is 1.10 bits per heavy atom. The molecule has 0 aliphatic heterocycles. The minimum Gasteiger partial charge on any atom is -0.239 e. The van der Waals surface area contributed by atoms with Crippen LogP contribution in [-0.4, -0.2) is 36.6 Å². The van der Waals surface area contributed by atoms with Crippen LogP contribution in [0.5, 0.6) is 0 Å². The molecule has 5 nitrogen and oxygen atoms in total. The Hall–Kier alpha value is -1.66. The van der Waals surface area contributed by atoms with Crippen molar-refractivity contribution in [3.63, 3.8) is 0 Å². The van der Waals surface area contributed by atoms with Crippen LogP contribution in [0.2, 0.25) is 0 Å². The Bertz CT molecular complexity index is 726. The van der Waals surface area contributed by atoms with Gasteiger partial charge in [0.2, 0.25) is 10.0 Å². The van der Waals surface area contributed by atoms with Crippen molar-refractivity contribution in [2.24, 2.45) is 0 Å². The highest BCUT2D eigenvalue weighted by Crippen LogP contribution is 2.29. The zero-order valence-electron chi connectivity index (χ0n) is 13.0. The molecule has 0 saturated carbocycles. The Balaban J connectivity index is 2.68. The standard InChI is InChI=1S/C15H21N3O2S/c1-15(2,3)14-13(21(19,20)17(4)5)11-18(16-14)12-9-7-6-8-10-12/h6-11H,1-5H3.